The van der Waals surface area contributed by atoms with Gasteiger partial charge in [0.05, 0.1) is 12.3 Å². The van der Waals surface area contributed by atoms with Crippen molar-refractivity contribution in [2.75, 3.05) is 25.0 Å². The fraction of sp³-hybridized carbons (Fsp3) is 0.667. The average Bonchev–Trinajstić information content (AvgIpc) is 2.78. The van der Waals surface area contributed by atoms with Crippen molar-refractivity contribution in [1.82, 2.24) is 10.3 Å². The summed E-state index contributed by atoms with van der Waals surface area (Å²) in [4.78, 5) is 16.3. The summed E-state index contributed by atoms with van der Waals surface area (Å²) < 4.78 is 5.39. The summed E-state index contributed by atoms with van der Waals surface area (Å²) in [6, 6.07) is 0. The molecular weight excluding hydrogens is 250 g/mol. The molecule has 2 rings (SSSR count). The molecule has 1 aliphatic heterocycles. The van der Waals surface area contributed by atoms with Crippen LogP contribution in [-0.2, 0) is 14.9 Å². The van der Waals surface area contributed by atoms with Gasteiger partial charge in [0.15, 0.2) is 5.13 Å². The third-order valence-electron chi connectivity index (χ3n) is 2.72. The Morgan fingerprint density at radius 1 is 1.61 bits per heavy atom. The Labute approximate surface area is 111 Å². The molecule has 1 atom stereocenters. The van der Waals surface area contributed by atoms with Crippen LogP contribution < -0.4 is 10.6 Å². The molecule has 0 bridgehead atoms. The number of nitrogens with one attached hydrogen (secondary N) is 2. The Balaban J connectivity index is 1.96. The Morgan fingerprint density at radius 2 is 2.39 bits per heavy atom. The molecule has 100 valence electrons. The maximum absolute atomic E-state index is 11.9. The third-order valence-corrected chi connectivity index (χ3v) is 3.48. The molecule has 0 spiro atoms. The second-order valence-corrected chi connectivity index (χ2v) is 6.20. The molecule has 1 fully saturated rings. The molecule has 1 amide bonds. The molecule has 18 heavy (non-hydrogen) atoms. The molecule has 1 unspecified atom stereocenters. The van der Waals surface area contributed by atoms with Gasteiger partial charge in [0.25, 0.3) is 5.91 Å². The Hall–Kier alpha value is -0.980. The highest BCUT2D eigenvalue weighted by Gasteiger charge is 2.23. The van der Waals surface area contributed by atoms with E-state index in [1.165, 1.54) is 11.3 Å². The number of carbonyl (C=O) groups excluding carboxylic acids is 1. The lowest BCUT2D eigenvalue weighted by molar-refractivity contribution is -0.128. The first-order chi connectivity index (χ1) is 8.47. The highest BCUT2D eigenvalue weighted by atomic mass is 32.1. The van der Waals surface area contributed by atoms with E-state index >= 15 is 0 Å². The van der Waals surface area contributed by atoms with Gasteiger partial charge in [-0.15, -0.1) is 11.3 Å². The van der Waals surface area contributed by atoms with Crippen LogP contribution in [-0.4, -0.2) is 36.7 Å². The van der Waals surface area contributed by atoms with E-state index in [0.29, 0.717) is 18.3 Å². The molecule has 6 heteroatoms. The number of anilines is 1. The van der Waals surface area contributed by atoms with Crippen molar-refractivity contribution in [3.63, 3.8) is 0 Å². The van der Waals surface area contributed by atoms with E-state index in [9.17, 15) is 4.79 Å². The van der Waals surface area contributed by atoms with Crippen LogP contribution in [0.4, 0.5) is 5.13 Å². The van der Waals surface area contributed by atoms with Crippen LogP contribution >= 0.6 is 11.3 Å². The first kappa shape index (κ1) is 13.5. The minimum absolute atomic E-state index is 0.00235. The largest absolute Gasteiger partial charge is 0.366 e. The lowest BCUT2D eigenvalue weighted by Gasteiger charge is -2.22. The van der Waals surface area contributed by atoms with E-state index in [4.69, 9.17) is 4.74 Å². The molecule has 2 heterocycles. The third kappa shape index (κ3) is 3.28. The summed E-state index contributed by atoms with van der Waals surface area (Å²) >= 11 is 1.45. The van der Waals surface area contributed by atoms with E-state index in [0.717, 1.165) is 12.2 Å². The Bertz CT molecular complexity index is 419. The first-order valence-corrected chi connectivity index (χ1v) is 6.94. The fourth-order valence-corrected chi connectivity index (χ4v) is 2.54. The summed E-state index contributed by atoms with van der Waals surface area (Å²) in [5, 5.41) is 8.56. The predicted molar refractivity (Wildman–Crippen MR) is 72.1 cm³/mol. The minimum Gasteiger partial charge on any atom is -0.366 e. The van der Waals surface area contributed by atoms with Gasteiger partial charge < -0.3 is 10.1 Å². The number of carbonyl (C=O) groups is 1. The average molecular weight is 269 g/mol. The molecular formula is C12H19N3O2S. The number of ether oxygens (including phenoxy) is 1. The zero-order valence-electron chi connectivity index (χ0n) is 10.9. The zero-order valence-corrected chi connectivity index (χ0v) is 11.8. The summed E-state index contributed by atoms with van der Waals surface area (Å²) in [5.74, 6) is -0.128. The van der Waals surface area contributed by atoms with E-state index < -0.39 is 6.10 Å². The van der Waals surface area contributed by atoms with Gasteiger partial charge in [-0.1, -0.05) is 20.8 Å². The van der Waals surface area contributed by atoms with Gasteiger partial charge in [-0.2, -0.15) is 0 Å². The van der Waals surface area contributed by atoms with Crippen LogP contribution in [0.15, 0.2) is 5.38 Å². The van der Waals surface area contributed by atoms with Crippen molar-refractivity contribution < 1.29 is 9.53 Å². The number of rotatable bonds is 2. The normalized spacial score (nSPS) is 20.7. The van der Waals surface area contributed by atoms with Gasteiger partial charge in [-0.25, -0.2) is 4.98 Å². The highest BCUT2D eigenvalue weighted by Crippen LogP contribution is 2.26. The highest BCUT2D eigenvalue weighted by molar-refractivity contribution is 7.13. The van der Waals surface area contributed by atoms with E-state index in [1.54, 1.807) is 0 Å². The fourth-order valence-electron chi connectivity index (χ4n) is 1.60. The second kappa shape index (κ2) is 5.34. The summed E-state index contributed by atoms with van der Waals surface area (Å²) in [6.07, 6.45) is -0.416. The zero-order chi connectivity index (χ0) is 13.2. The number of hydrogen-bond acceptors (Lipinski definition) is 5. The molecule has 5 nitrogen and oxygen atoms in total. The van der Waals surface area contributed by atoms with Crippen LogP contribution in [0.5, 0.6) is 0 Å². The molecule has 1 aliphatic rings. The number of amides is 1. The molecule has 0 saturated carbocycles. The topological polar surface area (TPSA) is 63.2 Å². The summed E-state index contributed by atoms with van der Waals surface area (Å²) in [5.41, 5.74) is 0.994. The van der Waals surface area contributed by atoms with Crippen molar-refractivity contribution in [1.29, 1.82) is 0 Å². The second-order valence-electron chi connectivity index (χ2n) is 5.34. The van der Waals surface area contributed by atoms with Gasteiger partial charge in [-0.3, -0.25) is 10.1 Å². The molecule has 1 saturated heterocycles. The van der Waals surface area contributed by atoms with Crippen molar-refractivity contribution in [2.24, 2.45) is 0 Å². The predicted octanol–water partition coefficient (Wildman–Crippen LogP) is 1.37. The first-order valence-electron chi connectivity index (χ1n) is 6.06. The quantitative estimate of drug-likeness (QED) is 0.851. The van der Waals surface area contributed by atoms with Crippen LogP contribution in [0, 0.1) is 0 Å². The molecule has 1 aromatic rings. The van der Waals surface area contributed by atoms with Crippen molar-refractivity contribution >= 4 is 22.4 Å². The number of aromatic nitrogens is 1. The van der Waals surface area contributed by atoms with Crippen LogP contribution in [0.1, 0.15) is 26.5 Å². The van der Waals surface area contributed by atoms with E-state index in [-0.39, 0.29) is 11.3 Å². The lowest BCUT2D eigenvalue weighted by Crippen LogP contribution is -2.45. The molecule has 0 aromatic carbocycles. The van der Waals surface area contributed by atoms with Gasteiger partial charge in [0, 0.05) is 23.9 Å². The number of thiazole rings is 1. The maximum Gasteiger partial charge on any atom is 0.256 e. The van der Waals surface area contributed by atoms with Crippen molar-refractivity contribution in [3.8, 4) is 0 Å². The van der Waals surface area contributed by atoms with Gasteiger partial charge >= 0.3 is 0 Å². The van der Waals surface area contributed by atoms with Gasteiger partial charge in [0.2, 0.25) is 0 Å². The number of hydrogen-bond donors (Lipinski definition) is 2. The minimum atomic E-state index is -0.416. The van der Waals surface area contributed by atoms with Crippen molar-refractivity contribution in [3.05, 3.63) is 11.1 Å². The molecule has 0 radical (unpaired) electrons. The smallest absolute Gasteiger partial charge is 0.256 e. The van der Waals surface area contributed by atoms with Gasteiger partial charge in [-0.05, 0) is 0 Å². The Morgan fingerprint density at radius 3 is 2.94 bits per heavy atom. The lowest BCUT2D eigenvalue weighted by atomic mass is 9.93. The van der Waals surface area contributed by atoms with Crippen molar-refractivity contribution in [2.45, 2.75) is 32.3 Å². The van der Waals surface area contributed by atoms with Crippen LogP contribution in [0.2, 0.25) is 0 Å². The Kier molecular flexibility index (Phi) is 3.99. The van der Waals surface area contributed by atoms with Gasteiger partial charge in [0.1, 0.15) is 6.10 Å². The van der Waals surface area contributed by atoms with Crippen LogP contribution in [0.25, 0.3) is 0 Å². The van der Waals surface area contributed by atoms with Crippen LogP contribution in [0.3, 0.4) is 0 Å². The molecule has 1 aromatic heterocycles. The standard InChI is InChI=1S/C12H19N3O2S/c1-12(2,3)9-7-18-11(14-9)15-10(16)8-6-13-4-5-17-8/h7-8,13H,4-6H2,1-3H3,(H,14,15,16). The SMILES string of the molecule is CC(C)(C)c1csc(NC(=O)C2CNCCO2)n1. The summed E-state index contributed by atoms with van der Waals surface area (Å²) in [7, 11) is 0. The number of morpholine rings is 1. The van der Waals surface area contributed by atoms with E-state index in [1.807, 2.05) is 5.38 Å². The monoisotopic (exact) mass is 269 g/mol. The maximum atomic E-state index is 11.9. The molecule has 0 aliphatic carbocycles. The number of nitrogens with zero attached hydrogens (tertiary/aromatic N) is 1. The summed E-state index contributed by atoms with van der Waals surface area (Å²) in [6.45, 7) is 8.23. The molecule has 2 N–H and O–H groups in total. The van der Waals surface area contributed by atoms with E-state index in [2.05, 4.69) is 36.4 Å².